The smallest absolute Gasteiger partial charge is 0.123 e. The highest BCUT2D eigenvalue weighted by atomic mass is 15.2. The summed E-state index contributed by atoms with van der Waals surface area (Å²) in [5.41, 5.74) is 6.67. The van der Waals surface area contributed by atoms with Crippen LogP contribution in [-0.2, 0) is 0 Å². The van der Waals surface area contributed by atoms with Crippen molar-refractivity contribution in [3.8, 4) is 0 Å². The summed E-state index contributed by atoms with van der Waals surface area (Å²) in [5.74, 6) is 0.590. The van der Waals surface area contributed by atoms with Crippen LogP contribution in [0.3, 0.4) is 0 Å². The lowest BCUT2D eigenvalue weighted by molar-refractivity contribution is 0.481. The minimum absolute atomic E-state index is 0.590. The van der Waals surface area contributed by atoms with E-state index in [1.165, 1.54) is 12.1 Å². The van der Waals surface area contributed by atoms with E-state index in [1.807, 2.05) is 18.3 Å². The van der Waals surface area contributed by atoms with Gasteiger partial charge in [-0.25, -0.2) is 4.98 Å². The van der Waals surface area contributed by atoms with Gasteiger partial charge in [-0.15, -0.1) is 0 Å². The zero-order chi connectivity index (χ0) is 8.55. The maximum absolute atomic E-state index is 5.49. The van der Waals surface area contributed by atoms with Crippen LogP contribution in [0, 0.1) is 0 Å². The Balaban J connectivity index is 2.18. The highest BCUT2D eigenvalue weighted by molar-refractivity contribution is 5.50. The number of anilines is 2. The Morgan fingerprint density at radius 2 is 2.42 bits per heavy atom. The van der Waals surface area contributed by atoms with Gasteiger partial charge in [-0.3, -0.25) is 0 Å². The predicted octanol–water partition coefficient (Wildman–Crippen LogP) is 1.26. The lowest BCUT2D eigenvalue weighted by Gasteiger charge is -2.40. The Kier molecular flexibility index (Phi) is 1.64. The molecule has 0 aromatic carbocycles. The summed E-state index contributed by atoms with van der Waals surface area (Å²) in [4.78, 5) is 6.38. The van der Waals surface area contributed by atoms with Gasteiger partial charge in [0.1, 0.15) is 5.82 Å². The SMILES string of the molecule is CC1CCN1c1ccc(N)nc1. The quantitative estimate of drug-likeness (QED) is 0.677. The van der Waals surface area contributed by atoms with Crippen molar-refractivity contribution in [2.45, 2.75) is 19.4 Å². The second-order valence-electron chi connectivity index (χ2n) is 3.27. The van der Waals surface area contributed by atoms with Crippen molar-refractivity contribution in [1.29, 1.82) is 0 Å². The molecule has 64 valence electrons. The minimum Gasteiger partial charge on any atom is -0.384 e. The Morgan fingerprint density at radius 1 is 1.58 bits per heavy atom. The summed E-state index contributed by atoms with van der Waals surface area (Å²) < 4.78 is 0. The number of nitrogens with two attached hydrogens (primary N) is 1. The molecule has 3 nitrogen and oxygen atoms in total. The maximum atomic E-state index is 5.49. The molecule has 0 amide bonds. The third kappa shape index (κ3) is 1.11. The van der Waals surface area contributed by atoms with Crippen LogP contribution in [0.1, 0.15) is 13.3 Å². The lowest BCUT2D eigenvalue weighted by atomic mass is 10.0. The second kappa shape index (κ2) is 2.66. The summed E-state index contributed by atoms with van der Waals surface area (Å²) in [6.07, 6.45) is 3.12. The van der Waals surface area contributed by atoms with Crippen molar-refractivity contribution in [3.63, 3.8) is 0 Å². The number of rotatable bonds is 1. The first-order chi connectivity index (χ1) is 5.77. The minimum atomic E-state index is 0.590. The molecule has 2 N–H and O–H groups in total. The van der Waals surface area contributed by atoms with Crippen molar-refractivity contribution in [1.82, 2.24) is 4.98 Å². The van der Waals surface area contributed by atoms with Crippen LogP contribution in [0.4, 0.5) is 11.5 Å². The normalized spacial score (nSPS) is 22.1. The van der Waals surface area contributed by atoms with Crippen LogP contribution in [0.15, 0.2) is 18.3 Å². The fourth-order valence-electron chi connectivity index (χ4n) is 1.47. The summed E-state index contributed by atoms with van der Waals surface area (Å²) >= 11 is 0. The Hall–Kier alpha value is -1.25. The number of nitrogen functional groups attached to an aromatic ring is 1. The average molecular weight is 163 g/mol. The largest absolute Gasteiger partial charge is 0.384 e. The molecule has 0 aliphatic carbocycles. The van der Waals surface area contributed by atoms with Crippen LogP contribution >= 0.6 is 0 Å². The van der Waals surface area contributed by atoms with Gasteiger partial charge in [-0.1, -0.05) is 0 Å². The molecule has 0 bridgehead atoms. The molecule has 2 rings (SSSR count). The zero-order valence-corrected chi connectivity index (χ0v) is 7.20. The molecule has 1 atom stereocenters. The standard InChI is InChI=1S/C9H13N3/c1-7-4-5-12(7)8-2-3-9(10)11-6-8/h2-3,6-7H,4-5H2,1H3,(H2,10,11). The van der Waals surface area contributed by atoms with E-state index in [9.17, 15) is 0 Å². The highest BCUT2D eigenvalue weighted by Gasteiger charge is 2.23. The third-order valence-electron chi connectivity index (χ3n) is 2.42. The highest BCUT2D eigenvalue weighted by Crippen LogP contribution is 2.25. The van der Waals surface area contributed by atoms with Gasteiger partial charge in [0, 0.05) is 12.6 Å². The molecular weight excluding hydrogens is 150 g/mol. The molecule has 12 heavy (non-hydrogen) atoms. The first-order valence-corrected chi connectivity index (χ1v) is 4.25. The molecule has 1 saturated heterocycles. The molecule has 2 heterocycles. The van der Waals surface area contributed by atoms with E-state index in [4.69, 9.17) is 5.73 Å². The number of pyridine rings is 1. The molecule has 1 unspecified atom stereocenters. The van der Waals surface area contributed by atoms with Crippen molar-refractivity contribution in [2.24, 2.45) is 0 Å². The number of hydrogen-bond acceptors (Lipinski definition) is 3. The van der Waals surface area contributed by atoms with Gasteiger partial charge in [-0.05, 0) is 25.5 Å². The molecule has 0 saturated carbocycles. The van der Waals surface area contributed by atoms with E-state index >= 15 is 0 Å². The molecule has 0 radical (unpaired) electrons. The van der Waals surface area contributed by atoms with E-state index in [2.05, 4.69) is 16.8 Å². The van der Waals surface area contributed by atoms with E-state index in [0.29, 0.717) is 11.9 Å². The van der Waals surface area contributed by atoms with Gasteiger partial charge in [0.15, 0.2) is 0 Å². The summed E-state index contributed by atoms with van der Waals surface area (Å²) in [7, 11) is 0. The summed E-state index contributed by atoms with van der Waals surface area (Å²) in [6.45, 7) is 3.37. The topological polar surface area (TPSA) is 42.1 Å². The van der Waals surface area contributed by atoms with Crippen LogP contribution in [-0.4, -0.2) is 17.6 Å². The maximum Gasteiger partial charge on any atom is 0.123 e. The molecule has 1 aliphatic rings. The second-order valence-corrected chi connectivity index (χ2v) is 3.27. The Labute approximate surface area is 72.2 Å². The Bertz CT molecular complexity index is 268. The molecule has 1 aromatic rings. The monoisotopic (exact) mass is 163 g/mol. The average Bonchev–Trinajstić information content (AvgIpc) is 2.06. The summed E-state index contributed by atoms with van der Waals surface area (Å²) in [6, 6.07) is 4.54. The van der Waals surface area contributed by atoms with Gasteiger partial charge < -0.3 is 10.6 Å². The van der Waals surface area contributed by atoms with Crippen molar-refractivity contribution in [2.75, 3.05) is 17.2 Å². The first-order valence-electron chi connectivity index (χ1n) is 4.25. The Morgan fingerprint density at radius 3 is 2.83 bits per heavy atom. The van der Waals surface area contributed by atoms with Gasteiger partial charge in [-0.2, -0.15) is 0 Å². The van der Waals surface area contributed by atoms with E-state index in [1.54, 1.807) is 0 Å². The van der Waals surface area contributed by atoms with E-state index in [-0.39, 0.29) is 0 Å². The van der Waals surface area contributed by atoms with Crippen LogP contribution < -0.4 is 10.6 Å². The fourth-order valence-corrected chi connectivity index (χ4v) is 1.47. The fraction of sp³-hybridized carbons (Fsp3) is 0.444. The van der Waals surface area contributed by atoms with Gasteiger partial charge in [0.2, 0.25) is 0 Å². The molecule has 1 aliphatic heterocycles. The molecule has 1 fully saturated rings. The molecule has 1 aromatic heterocycles. The third-order valence-corrected chi connectivity index (χ3v) is 2.42. The molecular formula is C9H13N3. The van der Waals surface area contributed by atoms with Gasteiger partial charge >= 0.3 is 0 Å². The van der Waals surface area contributed by atoms with Crippen molar-refractivity contribution < 1.29 is 0 Å². The number of hydrogen-bond donors (Lipinski definition) is 1. The molecule has 3 heteroatoms. The lowest BCUT2D eigenvalue weighted by Crippen LogP contribution is -2.45. The van der Waals surface area contributed by atoms with Crippen molar-refractivity contribution in [3.05, 3.63) is 18.3 Å². The first kappa shape index (κ1) is 7.40. The van der Waals surface area contributed by atoms with E-state index < -0.39 is 0 Å². The van der Waals surface area contributed by atoms with Gasteiger partial charge in [0.25, 0.3) is 0 Å². The molecule has 0 spiro atoms. The van der Waals surface area contributed by atoms with Crippen LogP contribution in [0.25, 0.3) is 0 Å². The van der Waals surface area contributed by atoms with Crippen LogP contribution in [0.5, 0.6) is 0 Å². The number of nitrogens with zero attached hydrogens (tertiary/aromatic N) is 2. The van der Waals surface area contributed by atoms with Gasteiger partial charge in [0.05, 0.1) is 11.9 Å². The number of aromatic nitrogens is 1. The van der Waals surface area contributed by atoms with E-state index in [0.717, 1.165) is 6.54 Å². The summed E-state index contributed by atoms with van der Waals surface area (Å²) in [5, 5.41) is 0. The van der Waals surface area contributed by atoms with Crippen molar-refractivity contribution >= 4 is 11.5 Å². The van der Waals surface area contributed by atoms with Crippen LogP contribution in [0.2, 0.25) is 0 Å². The predicted molar refractivity (Wildman–Crippen MR) is 50.1 cm³/mol. The zero-order valence-electron chi connectivity index (χ0n) is 7.20.